The molecule has 1 aromatic rings. The Labute approximate surface area is 98.3 Å². The van der Waals surface area contributed by atoms with E-state index >= 15 is 0 Å². The minimum atomic E-state index is -0.937. The number of rotatable bonds is 3. The van der Waals surface area contributed by atoms with Gasteiger partial charge in [0.05, 0.1) is 10.9 Å². The molecule has 0 spiro atoms. The van der Waals surface area contributed by atoms with Crippen molar-refractivity contribution in [1.82, 2.24) is 0 Å². The van der Waals surface area contributed by atoms with E-state index in [2.05, 4.69) is 0 Å². The van der Waals surface area contributed by atoms with Crippen LogP contribution in [0.5, 0.6) is 5.75 Å². The van der Waals surface area contributed by atoms with Gasteiger partial charge in [-0.2, -0.15) is 0 Å². The molecule has 1 aromatic carbocycles. The second-order valence-electron chi connectivity index (χ2n) is 3.62. The second-order valence-corrected chi connectivity index (χ2v) is 4.18. The highest BCUT2D eigenvalue weighted by Crippen LogP contribution is 2.22. The van der Waals surface area contributed by atoms with Crippen LogP contribution in [0.4, 0.5) is 0 Å². The summed E-state index contributed by atoms with van der Waals surface area (Å²) in [5, 5.41) is 8.76. The molecule has 4 heteroatoms. The summed E-state index contributed by atoms with van der Waals surface area (Å²) < 4.78 is 5.62. The summed E-state index contributed by atoms with van der Waals surface area (Å²) in [5.74, 6) is -0.279. The van der Waals surface area contributed by atoms with E-state index in [1.54, 1.807) is 12.1 Å². The molecular weight excluding hydrogens is 228 g/mol. The average molecular weight is 239 g/mol. The SMILES string of the molecule is O=C(O)c1ccc(OC2C=CC(Cl)C2)cc1. The van der Waals surface area contributed by atoms with Crippen molar-refractivity contribution < 1.29 is 14.6 Å². The second kappa shape index (κ2) is 4.58. The minimum Gasteiger partial charge on any atom is -0.486 e. The molecule has 2 atom stereocenters. The van der Waals surface area contributed by atoms with Crippen molar-refractivity contribution in [3.63, 3.8) is 0 Å². The van der Waals surface area contributed by atoms with Crippen molar-refractivity contribution in [2.45, 2.75) is 17.9 Å². The van der Waals surface area contributed by atoms with Gasteiger partial charge in [-0.1, -0.05) is 6.08 Å². The zero-order valence-corrected chi connectivity index (χ0v) is 9.22. The predicted molar refractivity (Wildman–Crippen MR) is 61.2 cm³/mol. The van der Waals surface area contributed by atoms with Crippen LogP contribution < -0.4 is 4.74 Å². The van der Waals surface area contributed by atoms with Crippen LogP contribution >= 0.6 is 11.6 Å². The fraction of sp³-hybridized carbons (Fsp3) is 0.250. The summed E-state index contributed by atoms with van der Waals surface area (Å²) in [7, 11) is 0. The van der Waals surface area contributed by atoms with Gasteiger partial charge in [0, 0.05) is 6.42 Å². The van der Waals surface area contributed by atoms with Crippen LogP contribution in [0.15, 0.2) is 36.4 Å². The Bertz CT molecular complexity index is 411. The monoisotopic (exact) mass is 238 g/mol. The van der Waals surface area contributed by atoms with E-state index in [-0.39, 0.29) is 17.0 Å². The Morgan fingerprint density at radius 1 is 1.31 bits per heavy atom. The smallest absolute Gasteiger partial charge is 0.335 e. The first-order valence-corrected chi connectivity index (χ1v) is 5.41. The molecular formula is C12H11ClO3. The molecule has 0 fully saturated rings. The number of aromatic carboxylic acids is 1. The lowest BCUT2D eigenvalue weighted by atomic mass is 10.2. The molecule has 0 aromatic heterocycles. The topological polar surface area (TPSA) is 46.5 Å². The summed E-state index contributed by atoms with van der Waals surface area (Å²) in [6.07, 6.45) is 4.56. The quantitative estimate of drug-likeness (QED) is 0.651. The number of carboxylic acids is 1. The highest BCUT2D eigenvalue weighted by atomic mass is 35.5. The number of hydrogen-bond donors (Lipinski definition) is 1. The molecule has 0 amide bonds. The lowest BCUT2D eigenvalue weighted by Crippen LogP contribution is -2.12. The Kier molecular flexibility index (Phi) is 3.15. The third kappa shape index (κ3) is 2.55. The van der Waals surface area contributed by atoms with Crippen LogP contribution in [-0.4, -0.2) is 22.6 Å². The molecule has 1 N–H and O–H groups in total. The third-order valence-corrected chi connectivity index (χ3v) is 2.70. The van der Waals surface area contributed by atoms with Gasteiger partial charge < -0.3 is 9.84 Å². The van der Waals surface area contributed by atoms with Crippen LogP contribution in [0.3, 0.4) is 0 Å². The molecule has 2 unspecified atom stereocenters. The number of alkyl halides is 1. The highest BCUT2D eigenvalue weighted by molar-refractivity contribution is 6.22. The third-order valence-electron chi connectivity index (χ3n) is 2.38. The van der Waals surface area contributed by atoms with Gasteiger partial charge in [0.2, 0.25) is 0 Å². The number of benzene rings is 1. The van der Waals surface area contributed by atoms with Gasteiger partial charge in [0.1, 0.15) is 11.9 Å². The van der Waals surface area contributed by atoms with E-state index in [1.807, 2.05) is 12.2 Å². The number of halogens is 1. The van der Waals surface area contributed by atoms with Crippen molar-refractivity contribution in [2.24, 2.45) is 0 Å². The number of ether oxygens (including phenoxy) is 1. The van der Waals surface area contributed by atoms with E-state index in [0.717, 1.165) is 6.42 Å². The van der Waals surface area contributed by atoms with Crippen LogP contribution in [0.2, 0.25) is 0 Å². The normalized spacial score (nSPS) is 23.3. The Morgan fingerprint density at radius 3 is 2.50 bits per heavy atom. The van der Waals surface area contributed by atoms with Crippen LogP contribution in [-0.2, 0) is 0 Å². The van der Waals surface area contributed by atoms with Gasteiger partial charge in [-0.3, -0.25) is 0 Å². The van der Waals surface area contributed by atoms with Gasteiger partial charge in [0.25, 0.3) is 0 Å². The first-order valence-electron chi connectivity index (χ1n) is 4.97. The van der Waals surface area contributed by atoms with Gasteiger partial charge in [-0.05, 0) is 30.3 Å². The van der Waals surface area contributed by atoms with Crippen molar-refractivity contribution >= 4 is 17.6 Å². The lowest BCUT2D eigenvalue weighted by Gasteiger charge is -2.12. The molecule has 0 radical (unpaired) electrons. The molecule has 1 aliphatic rings. The number of carbonyl (C=O) groups is 1. The van der Waals surface area contributed by atoms with Crippen molar-refractivity contribution in [3.8, 4) is 5.75 Å². The zero-order chi connectivity index (χ0) is 11.5. The molecule has 16 heavy (non-hydrogen) atoms. The lowest BCUT2D eigenvalue weighted by molar-refractivity contribution is 0.0697. The molecule has 1 aliphatic carbocycles. The minimum absolute atomic E-state index is 0.0156. The molecule has 0 saturated carbocycles. The maximum atomic E-state index is 10.6. The van der Waals surface area contributed by atoms with Crippen LogP contribution in [0.1, 0.15) is 16.8 Å². The maximum absolute atomic E-state index is 10.6. The molecule has 0 bridgehead atoms. The van der Waals surface area contributed by atoms with Crippen molar-refractivity contribution in [2.75, 3.05) is 0 Å². The van der Waals surface area contributed by atoms with E-state index in [9.17, 15) is 4.79 Å². The largest absolute Gasteiger partial charge is 0.486 e. The van der Waals surface area contributed by atoms with E-state index in [4.69, 9.17) is 21.4 Å². The van der Waals surface area contributed by atoms with Gasteiger partial charge in [0.15, 0.2) is 0 Å². The van der Waals surface area contributed by atoms with Gasteiger partial charge in [-0.25, -0.2) is 4.79 Å². The Balaban J connectivity index is 2.00. The number of carboxylic acid groups (broad SMARTS) is 1. The van der Waals surface area contributed by atoms with E-state index in [0.29, 0.717) is 5.75 Å². The highest BCUT2D eigenvalue weighted by Gasteiger charge is 2.18. The van der Waals surface area contributed by atoms with E-state index < -0.39 is 5.97 Å². The van der Waals surface area contributed by atoms with Crippen molar-refractivity contribution in [1.29, 1.82) is 0 Å². The fourth-order valence-electron chi connectivity index (χ4n) is 1.56. The molecule has 2 rings (SSSR count). The van der Waals surface area contributed by atoms with E-state index in [1.165, 1.54) is 12.1 Å². The summed E-state index contributed by atoms with van der Waals surface area (Å²) in [4.78, 5) is 10.6. The number of hydrogen-bond acceptors (Lipinski definition) is 2. The van der Waals surface area contributed by atoms with Crippen molar-refractivity contribution in [3.05, 3.63) is 42.0 Å². The Hall–Kier alpha value is -1.48. The first-order chi connectivity index (χ1) is 7.65. The zero-order valence-electron chi connectivity index (χ0n) is 8.47. The molecule has 0 saturated heterocycles. The molecule has 0 heterocycles. The summed E-state index contributed by atoms with van der Waals surface area (Å²) >= 11 is 5.90. The van der Waals surface area contributed by atoms with Crippen LogP contribution in [0.25, 0.3) is 0 Å². The summed E-state index contributed by atoms with van der Waals surface area (Å²) in [6.45, 7) is 0. The van der Waals surface area contributed by atoms with Crippen LogP contribution in [0, 0.1) is 0 Å². The van der Waals surface area contributed by atoms with Gasteiger partial charge in [-0.15, -0.1) is 11.6 Å². The first kappa shape index (κ1) is 11.0. The van der Waals surface area contributed by atoms with Gasteiger partial charge >= 0.3 is 5.97 Å². The summed E-state index contributed by atoms with van der Waals surface area (Å²) in [5.41, 5.74) is 0.254. The maximum Gasteiger partial charge on any atom is 0.335 e. The molecule has 3 nitrogen and oxygen atoms in total. The molecule has 84 valence electrons. The Morgan fingerprint density at radius 2 is 2.00 bits per heavy atom. The summed E-state index contributed by atoms with van der Waals surface area (Å²) in [6, 6.07) is 6.35. The molecule has 0 aliphatic heterocycles. The standard InChI is InChI=1S/C12H11ClO3/c13-9-3-6-11(7-9)16-10-4-1-8(2-5-10)12(14)15/h1-6,9,11H,7H2,(H,14,15). The average Bonchev–Trinajstić information content (AvgIpc) is 2.65. The fourth-order valence-corrected chi connectivity index (χ4v) is 1.82. The number of allylic oxidation sites excluding steroid dienone is 1. The predicted octanol–water partition coefficient (Wildman–Crippen LogP) is 2.70.